The van der Waals surface area contributed by atoms with Gasteiger partial charge in [0, 0.05) is 26.6 Å². The molecule has 0 aliphatic carbocycles. The Morgan fingerprint density at radius 3 is 2.65 bits per heavy atom. The molecule has 0 radical (unpaired) electrons. The smallest absolute Gasteiger partial charge is 0.243 e. The number of benzene rings is 1. The van der Waals surface area contributed by atoms with Gasteiger partial charge in [-0.05, 0) is 43.5 Å². The summed E-state index contributed by atoms with van der Waals surface area (Å²) in [6.45, 7) is 0.228. The fourth-order valence-corrected chi connectivity index (χ4v) is 4.26. The summed E-state index contributed by atoms with van der Waals surface area (Å²) in [5.74, 6) is -0.707. The summed E-state index contributed by atoms with van der Waals surface area (Å²) in [7, 11) is -2.28. The monoisotopic (exact) mass is 344 g/mol. The largest absolute Gasteiger partial charge is 0.388 e. The molecule has 1 saturated heterocycles. The quantitative estimate of drug-likeness (QED) is 0.830. The number of hydrogen-bond acceptors (Lipinski definition) is 4. The Kier molecular flexibility index (Phi) is 5.38. The predicted molar refractivity (Wildman–Crippen MR) is 82.6 cm³/mol. The Hall–Kier alpha value is -1.51. The van der Waals surface area contributed by atoms with Crippen molar-refractivity contribution < 1.29 is 22.7 Å². The number of carbonyl (C=O) groups excluding carboxylic acids is 1. The second kappa shape index (κ2) is 6.94. The van der Waals surface area contributed by atoms with Crippen LogP contribution in [-0.2, 0) is 14.8 Å². The number of piperidine rings is 1. The maximum atomic E-state index is 13.0. The zero-order valence-electron chi connectivity index (χ0n) is 13.0. The Labute approximate surface area is 135 Å². The topological polar surface area (TPSA) is 86.7 Å². The zero-order valence-corrected chi connectivity index (χ0v) is 13.8. The number of rotatable bonds is 5. The first kappa shape index (κ1) is 17.8. The first-order valence-corrected chi connectivity index (χ1v) is 8.89. The molecule has 8 heteroatoms. The highest BCUT2D eigenvalue weighted by Crippen LogP contribution is 2.29. The summed E-state index contributed by atoms with van der Waals surface area (Å²) >= 11 is 0. The van der Waals surface area contributed by atoms with E-state index in [2.05, 4.69) is 5.32 Å². The molecule has 23 heavy (non-hydrogen) atoms. The molecule has 0 spiro atoms. The standard InChI is InChI=1S/C15H21FN2O4S/c1-17-14(19)7-9-15(20)8-2-10-18(11-15)23(21,22)13-5-3-12(16)4-6-13/h3-6,20H,2,7-11H2,1H3,(H,17,19). The van der Waals surface area contributed by atoms with E-state index in [0.29, 0.717) is 19.4 Å². The number of halogens is 1. The number of amides is 1. The molecule has 1 aliphatic rings. The maximum Gasteiger partial charge on any atom is 0.243 e. The van der Waals surface area contributed by atoms with E-state index < -0.39 is 21.4 Å². The van der Waals surface area contributed by atoms with Crippen molar-refractivity contribution >= 4 is 15.9 Å². The van der Waals surface area contributed by atoms with Gasteiger partial charge in [0.05, 0.1) is 10.5 Å². The van der Waals surface area contributed by atoms with Crippen LogP contribution in [0.15, 0.2) is 29.2 Å². The molecule has 1 aromatic rings. The fourth-order valence-electron chi connectivity index (χ4n) is 2.71. The van der Waals surface area contributed by atoms with Gasteiger partial charge in [0.1, 0.15) is 5.82 Å². The summed E-state index contributed by atoms with van der Waals surface area (Å²) in [6.07, 6.45) is 1.28. The molecule has 1 aromatic carbocycles. The zero-order chi connectivity index (χ0) is 17.1. The average molecular weight is 344 g/mol. The van der Waals surface area contributed by atoms with Crippen molar-refractivity contribution in [3.05, 3.63) is 30.1 Å². The highest BCUT2D eigenvalue weighted by atomic mass is 32.2. The molecule has 0 saturated carbocycles. The second-order valence-corrected chi connectivity index (χ2v) is 7.73. The van der Waals surface area contributed by atoms with Gasteiger partial charge in [-0.25, -0.2) is 12.8 Å². The summed E-state index contributed by atoms with van der Waals surface area (Å²) in [5, 5.41) is 13.1. The molecule has 1 aliphatic heterocycles. The highest BCUT2D eigenvalue weighted by molar-refractivity contribution is 7.89. The van der Waals surface area contributed by atoms with Crippen molar-refractivity contribution in [3.63, 3.8) is 0 Å². The van der Waals surface area contributed by atoms with Crippen LogP contribution in [0.5, 0.6) is 0 Å². The lowest BCUT2D eigenvalue weighted by molar-refractivity contribution is -0.122. The van der Waals surface area contributed by atoms with Gasteiger partial charge in [0.2, 0.25) is 15.9 Å². The molecule has 1 fully saturated rings. The van der Waals surface area contributed by atoms with Crippen LogP contribution >= 0.6 is 0 Å². The molecule has 1 atom stereocenters. The van der Waals surface area contributed by atoms with Crippen molar-refractivity contribution in [3.8, 4) is 0 Å². The molecule has 1 amide bonds. The van der Waals surface area contributed by atoms with E-state index in [4.69, 9.17) is 0 Å². The lowest BCUT2D eigenvalue weighted by Crippen LogP contribution is -2.50. The van der Waals surface area contributed by atoms with Crippen LogP contribution in [0.1, 0.15) is 25.7 Å². The van der Waals surface area contributed by atoms with E-state index in [1.54, 1.807) is 0 Å². The maximum absolute atomic E-state index is 13.0. The van der Waals surface area contributed by atoms with Gasteiger partial charge in [-0.3, -0.25) is 4.79 Å². The van der Waals surface area contributed by atoms with Crippen molar-refractivity contribution in [2.75, 3.05) is 20.1 Å². The molecule has 1 heterocycles. The first-order valence-electron chi connectivity index (χ1n) is 7.45. The van der Waals surface area contributed by atoms with E-state index in [-0.39, 0.29) is 30.2 Å². The minimum absolute atomic E-state index is 0.00514. The molecule has 6 nitrogen and oxygen atoms in total. The third-order valence-electron chi connectivity index (χ3n) is 4.07. The van der Waals surface area contributed by atoms with Crippen LogP contribution in [0.25, 0.3) is 0 Å². The van der Waals surface area contributed by atoms with Gasteiger partial charge in [-0.15, -0.1) is 0 Å². The Morgan fingerprint density at radius 1 is 1.39 bits per heavy atom. The van der Waals surface area contributed by atoms with Crippen LogP contribution in [-0.4, -0.2) is 49.5 Å². The van der Waals surface area contributed by atoms with Crippen LogP contribution < -0.4 is 5.32 Å². The Balaban J connectivity index is 2.13. The molecule has 0 bridgehead atoms. The van der Waals surface area contributed by atoms with E-state index in [1.165, 1.54) is 23.5 Å². The van der Waals surface area contributed by atoms with Crippen LogP contribution in [0, 0.1) is 5.82 Å². The van der Waals surface area contributed by atoms with Gasteiger partial charge in [0.15, 0.2) is 0 Å². The highest BCUT2D eigenvalue weighted by Gasteiger charge is 2.38. The number of sulfonamides is 1. The lowest BCUT2D eigenvalue weighted by atomic mass is 9.89. The van der Waals surface area contributed by atoms with Crippen molar-refractivity contribution in [2.24, 2.45) is 0 Å². The SMILES string of the molecule is CNC(=O)CCC1(O)CCCN(S(=O)(=O)c2ccc(F)cc2)C1. The minimum Gasteiger partial charge on any atom is -0.388 e. The molecule has 2 N–H and O–H groups in total. The summed E-state index contributed by atoms with van der Waals surface area (Å²) in [6, 6.07) is 4.61. The second-order valence-electron chi connectivity index (χ2n) is 5.79. The fraction of sp³-hybridized carbons (Fsp3) is 0.533. The van der Waals surface area contributed by atoms with E-state index in [9.17, 15) is 22.7 Å². The summed E-state index contributed by atoms with van der Waals surface area (Å²) < 4.78 is 39.4. The minimum atomic E-state index is -3.79. The number of β-amino-alcohol motifs (C(OH)–C–C–N with tert-alkyl or cyclic N) is 1. The summed E-state index contributed by atoms with van der Waals surface area (Å²) in [4.78, 5) is 11.3. The van der Waals surface area contributed by atoms with Gasteiger partial charge in [-0.2, -0.15) is 4.31 Å². The first-order chi connectivity index (χ1) is 10.8. The van der Waals surface area contributed by atoms with Crippen LogP contribution in [0.3, 0.4) is 0 Å². The van der Waals surface area contributed by atoms with E-state index in [1.807, 2.05) is 0 Å². The molecule has 128 valence electrons. The van der Waals surface area contributed by atoms with Gasteiger partial charge in [0.25, 0.3) is 0 Å². The Bertz CT molecular complexity index is 663. The van der Waals surface area contributed by atoms with Crippen molar-refractivity contribution in [1.29, 1.82) is 0 Å². The van der Waals surface area contributed by atoms with Crippen LogP contribution in [0.4, 0.5) is 4.39 Å². The number of carbonyl (C=O) groups is 1. The van der Waals surface area contributed by atoms with E-state index in [0.717, 1.165) is 12.1 Å². The molecule has 0 aromatic heterocycles. The van der Waals surface area contributed by atoms with E-state index >= 15 is 0 Å². The van der Waals surface area contributed by atoms with Gasteiger partial charge in [-0.1, -0.05) is 0 Å². The normalized spacial score (nSPS) is 22.7. The molecule has 1 unspecified atom stereocenters. The van der Waals surface area contributed by atoms with Crippen molar-refractivity contribution in [1.82, 2.24) is 9.62 Å². The number of hydrogen-bond donors (Lipinski definition) is 2. The van der Waals surface area contributed by atoms with Crippen LogP contribution in [0.2, 0.25) is 0 Å². The number of nitrogens with one attached hydrogen (secondary N) is 1. The number of nitrogens with zero attached hydrogens (tertiary/aromatic N) is 1. The third kappa shape index (κ3) is 4.27. The predicted octanol–water partition coefficient (Wildman–Crippen LogP) is 0.867. The molecular formula is C15H21FN2O4S. The summed E-state index contributed by atoms with van der Waals surface area (Å²) in [5.41, 5.74) is -1.22. The average Bonchev–Trinajstić information content (AvgIpc) is 2.53. The third-order valence-corrected chi connectivity index (χ3v) is 5.93. The number of aliphatic hydroxyl groups is 1. The van der Waals surface area contributed by atoms with Gasteiger partial charge >= 0.3 is 0 Å². The molecule has 2 rings (SSSR count). The van der Waals surface area contributed by atoms with Crippen molar-refractivity contribution in [2.45, 2.75) is 36.2 Å². The molecular weight excluding hydrogens is 323 g/mol. The van der Waals surface area contributed by atoms with Gasteiger partial charge < -0.3 is 10.4 Å². The lowest BCUT2D eigenvalue weighted by Gasteiger charge is -2.38. The Morgan fingerprint density at radius 2 is 2.04 bits per heavy atom.